The van der Waals surface area contributed by atoms with Gasteiger partial charge in [0.15, 0.2) is 0 Å². The van der Waals surface area contributed by atoms with Crippen molar-refractivity contribution in [2.45, 2.75) is 50.5 Å². The Morgan fingerprint density at radius 2 is 1.77 bits per heavy atom. The maximum absolute atomic E-state index is 12.5. The van der Waals surface area contributed by atoms with E-state index in [0.717, 1.165) is 32.1 Å². The lowest BCUT2D eigenvalue weighted by molar-refractivity contribution is -0.141. The Morgan fingerprint density at radius 3 is 2.27 bits per heavy atom. The monoisotopic (exact) mass is 305 g/mol. The summed E-state index contributed by atoms with van der Waals surface area (Å²) < 4.78 is 5.52. The zero-order valence-corrected chi connectivity index (χ0v) is 13.1. The normalized spacial score (nSPS) is 18.5. The number of amides is 1. The minimum absolute atomic E-state index is 0.117. The molecule has 1 atom stereocenters. The minimum Gasteiger partial charge on any atom is -0.481 e. The summed E-state index contributed by atoms with van der Waals surface area (Å²) in [5.41, 5.74) is 0.642. The second-order valence-corrected chi connectivity index (χ2v) is 5.90. The highest BCUT2D eigenvalue weighted by Gasteiger charge is 2.39. The summed E-state index contributed by atoms with van der Waals surface area (Å²) in [4.78, 5) is 23.5. The molecule has 1 saturated carbocycles. The zero-order valence-electron chi connectivity index (χ0n) is 13.1. The fourth-order valence-electron chi connectivity index (χ4n) is 2.89. The van der Waals surface area contributed by atoms with Crippen LogP contribution in [0.2, 0.25) is 0 Å². The van der Waals surface area contributed by atoms with Crippen LogP contribution in [0, 0.1) is 0 Å². The summed E-state index contributed by atoms with van der Waals surface area (Å²) in [6, 6.07) is 6.93. The third-order valence-corrected chi connectivity index (χ3v) is 4.50. The molecule has 1 aliphatic rings. The van der Waals surface area contributed by atoms with Crippen LogP contribution in [-0.2, 0) is 14.3 Å². The molecule has 1 fully saturated rings. The zero-order chi connectivity index (χ0) is 16.2. The number of benzene rings is 1. The fourth-order valence-corrected chi connectivity index (χ4v) is 2.89. The highest BCUT2D eigenvalue weighted by Crippen LogP contribution is 2.32. The molecule has 5 heteroatoms. The molecule has 22 heavy (non-hydrogen) atoms. The van der Waals surface area contributed by atoms with Crippen LogP contribution in [0.25, 0.3) is 0 Å². The highest BCUT2D eigenvalue weighted by atomic mass is 16.5. The molecule has 0 aromatic heterocycles. The van der Waals surface area contributed by atoms with E-state index in [1.165, 1.54) is 0 Å². The second kappa shape index (κ2) is 6.92. The molecule has 1 amide bonds. The standard InChI is InChI=1S/C17H23NO4/c1-12(15(19)20)13-6-8-14(9-7-13)18-16(21)17(22-2)10-4-3-5-11-17/h6-9,12H,3-5,10-11H2,1-2H3,(H,18,21)(H,19,20). The molecule has 1 aromatic carbocycles. The molecular formula is C17H23NO4. The number of carboxylic acid groups (broad SMARTS) is 1. The van der Waals surface area contributed by atoms with Crippen molar-refractivity contribution in [3.05, 3.63) is 29.8 Å². The van der Waals surface area contributed by atoms with Crippen LogP contribution in [0.4, 0.5) is 5.69 Å². The van der Waals surface area contributed by atoms with Crippen LogP contribution in [0.15, 0.2) is 24.3 Å². The molecule has 5 nitrogen and oxygen atoms in total. The fraction of sp³-hybridized carbons (Fsp3) is 0.529. The Balaban J connectivity index is 2.06. The second-order valence-electron chi connectivity index (χ2n) is 5.90. The average molecular weight is 305 g/mol. The van der Waals surface area contributed by atoms with E-state index in [1.807, 2.05) is 0 Å². The number of anilines is 1. The van der Waals surface area contributed by atoms with Gasteiger partial charge in [0.2, 0.25) is 0 Å². The number of hydrogen-bond donors (Lipinski definition) is 2. The molecule has 2 rings (SSSR count). The first-order valence-corrected chi connectivity index (χ1v) is 7.68. The molecule has 1 aliphatic carbocycles. The van der Waals surface area contributed by atoms with E-state index in [9.17, 15) is 9.59 Å². The topological polar surface area (TPSA) is 75.6 Å². The molecule has 0 heterocycles. The van der Waals surface area contributed by atoms with Crippen LogP contribution in [0.1, 0.15) is 50.5 Å². The minimum atomic E-state index is -0.864. The van der Waals surface area contributed by atoms with E-state index in [2.05, 4.69) is 5.32 Å². The van der Waals surface area contributed by atoms with Gasteiger partial charge in [-0.3, -0.25) is 9.59 Å². The van der Waals surface area contributed by atoms with E-state index in [0.29, 0.717) is 11.3 Å². The summed E-state index contributed by atoms with van der Waals surface area (Å²) in [6.45, 7) is 1.64. The van der Waals surface area contributed by atoms with Crippen LogP contribution in [-0.4, -0.2) is 29.7 Å². The number of nitrogens with one attached hydrogen (secondary N) is 1. The van der Waals surface area contributed by atoms with Gasteiger partial charge in [-0.25, -0.2) is 0 Å². The predicted molar refractivity (Wildman–Crippen MR) is 83.9 cm³/mol. The van der Waals surface area contributed by atoms with Crippen molar-refractivity contribution in [1.82, 2.24) is 0 Å². The Bertz CT molecular complexity index is 532. The van der Waals surface area contributed by atoms with Gasteiger partial charge >= 0.3 is 5.97 Å². The number of aliphatic carboxylic acids is 1. The third kappa shape index (κ3) is 3.47. The van der Waals surface area contributed by atoms with Crippen molar-refractivity contribution in [1.29, 1.82) is 0 Å². The predicted octanol–water partition coefficient (Wildman–Crippen LogP) is 3.16. The van der Waals surface area contributed by atoms with Gasteiger partial charge in [0.1, 0.15) is 5.60 Å². The summed E-state index contributed by atoms with van der Waals surface area (Å²) in [7, 11) is 1.59. The molecule has 0 radical (unpaired) electrons. The number of carbonyl (C=O) groups is 2. The average Bonchev–Trinajstić information content (AvgIpc) is 2.55. The molecule has 0 spiro atoms. The molecule has 1 unspecified atom stereocenters. The first-order chi connectivity index (χ1) is 10.5. The number of ether oxygens (including phenoxy) is 1. The van der Waals surface area contributed by atoms with E-state index in [-0.39, 0.29) is 5.91 Å². The molecule has 1 aromatic rings. The van der Waals surface area contributed by atoms with Gasteiger partial charge in [-0.15, -0.1) is 0 Å². The Morgan fingerprint density at radius 1 is 1.18 bits per heavy atom. The quantitative estimate of drug-likeness (QED) is 0.876. The van der Waals surface area contributed by atoms with E-state index in [4.69, 9.17) is 9.84 Å². The lowest BCUT2D eigenvalue weighted by atomic mass is 9.84. The Hall–Kier alpha value is -1.88. The van der Waals surface area contributed by atoms with E-state index < -0.39 is 17.5 Å². The van der Waals surface area contributed by atoms with Crippen LogP contribution >= 0.6 is 0 Å². The first kappa shape index (κ1) is 16.5. The summed E-state index contributed by atoms with van der Waals surface area (Å²) in [5.74, 6) is -1.54. The van der Waals surface area contributed by atoms with Crippen LogP contribution in [0.3, 0.4) is 0 Å². The van der Waals surface area contributed by atoms with Crippen molar-refractivity contribution >= 4 is 17.6 Å². The van der Waals surface area contributed by atoms with Crippen molar-refractivity contribution in [2.24, 2.45) is 0 Å². The molecule has 0 saturated heterocycles. The van der Waals surface area contributed by atoms with Crippen molar-refractivity contribution in [2.75, 3.05) is 12.4 Å². The van der Waals surface area contributed by atoms with Crippen molar-refractivity contribution in [3.63, 3.8) is 0 Å². The molecule has 2 N–H and O–H groups in total. The number of hydrogen-bond acceptors (Lipinski definition) is 3. The Kier molecular flexibility index (Phi) is 5.19. The SMILES string of the molecule is COC1(C(=O)Nc2ccc(C(C)C(=O)O)cc2)CCCCC1. The van der Waals surface area contributed by atoms with Gasteiger partial charge in [0.25, 0.3) is 5.91 Å². The highest BCUT2D eigenvalue weighted by molar-refractivity contribution is 5.97. The number of carbonyl (C=O) groups excluding carboxylic acids is 1. The summed E-state index contributed by atoms with van der Waals surface area (Å²) >= 11 is 0. The number of methoxy groups -OCH3 is 1. The maximum Gasteiger partial charge on any atom is 0.310 e. The molecule has 120 valence electrons. The van der Waals surface area contributed by atoms with E-state index >= 15 is 0 Å². The van der Waals surface area contributed by atoms with Crippen molar-refractivity contribution < 1.29 is 19.4 Å². The summed E-state index contributed by atoms with van der Waals surface area (Å²) in [5, 5.41) is 11.9. The number of carboxylic acids is 1. The van der Waals surface area contributed by atoms with Gasteiger partial charge in [0, 0.05) is 12.8 Å². The first-order valence-electron chi connectivity index (χ1n) is 7.68. The van der Waals surface area contributed by atoms with Crippen LogP contribution < -0.4 is 5.32 Å². The maximum atomic E-state index is 12.5. The van der Waals surface area contributed by atoms with Crippen molar-refractivity contribution in [3.8, 4) is 0 Å². The molecule has 0 bridgehead atoms. The van der Waals surface area contributed by atoms with Crippen LogP contribution in [0.5, 0.6) is 0 Å². The summed E-state index contributed by atoms with van der Waals surface area (Å²) in [6.07, 6.45) is 4.61. The number of rotatable bonds is 5. The largest absolute Gasteiger partial charge is 0.481 e. The van der Waals surface area contributed by atoms with Gasteiger partial charge in [-0.1, -0.05) is 31.4 Å². The third-order valence-electron chi connectivity index (χ3n) is 4.50. The van der Waals surface area contributed by atoms with Gasteiger partial charge < -0.3 is 15.2 Å². The van der Waals surface area contributed by atoms with Gasteiger partial charge in [-0.05, 0) is 37.5 Å². The van der Waals surface area contributed by atoms with E-state index in [1.54, 1.807) is 38.3 Å². The smallest absolute Gasteiger partial charge is 0.310 e. The van der Waals surface area contributed by atoms with Gasteiger partial charge in [0.05, 0.1) is 5.92 Å². The molecule has 0 aliphatic heterocycles. The molecular weight excluding hydrogens is 282 g/mol. The lowest BCUT2D eigenvalue weighted by Gasteiger charge is -2.34. The van der Waals surface area contributed by atoms with Gasteiger partial charge in [-0.2, -0.15) is 0 Å². The lowest BCUT2D eigenvalue weighted by Crippen LogP contribution is -2.46. The Labute approximate surface area is 130 Å².